The molecule has 0 fully saturated rings. The summed E-state index contributed by atoms with van der Waals surface area (Å²) in [6, 6.07) is 0.458. The molecule has 2 N–H and O–H groups in total. The Morgan fingerprint density at radius 2 is 1.82 bits per heavy atom. The van der Waals surface area contributed by atoms with Crippen LogP contribution in [0.2, 0.25) is 0 Å². The lowest BCUT2D eigenvalue weighted by Crippen LogP contribution is -2.05. The highest BCUT2D eigenvalue weighted by Gasteiger charge is 2.32. The Bertz CT molecular complexity index is 275. The van der Waals surface area contributed by atoms with Gasteiger partial charge in [-0.3, -0.25) is 15.0 Å². The lowest BCUT2D eigenvalue weighted by Gasteiger charge is -1.99. The highest BCUT2D eigenvalue weighted by Crippen LogP contribution is 2.25. The van der Waals surface area contributed by atoms with Crippen LogP contribution in [0.5, 0.6) is 0 Å². The fraction of sp³-hybridized carbons (Fsp3) is 0.250. The third-order valence-electron chi connectivity index (χ3n) is 0.901. The van der Waals surface area contributed by atoms with Gasteiger partial charge in [-0.15, -0.1) is 12.4 Å². The van der Waals surface area contributed by atoms with Gasteiger partial charge >= 0.3 is 6.18 Å². The van der Waals surface area contributed by atoms with Gasteiger partial charge in [0.15, 0.2) is 0 Å². The summed E-state index contributed by atoms with van der Waals surface area (Å²) in [5.74, 6) is 0. The molecule has 0 saturated heterocycles. The van der Waals surface area contributed by atoms with Crippen molar-refractivity contribution in [2.75, 3.05) is 0 Å². The van der Waals surface area contributed by atoms with Crippen LogP contribution in [-0.2, 0) is 6.18 Å². The van der Waals surface area contributed by atoms with Crippen LogP contribution in [0, 0.1) is 0 Å². The van der Waals surface area contributed by atoms with Crippen molar-refractivity contribution >= 4 is 12.4 Å². The standard InChI is InChI=1S/C4H3F3N2O.ClH/c5-4(6,7)2-1-3(10)9-8-2;/h1H,(H2,8,9,10);1H. The molecule has 0 aliphatic carbocycles. The fourth-order valence-corrected chi connectivity index (χ4v) is 0.485. The lowest BCUT2D eigenvalue weighted by atomic mass is 10.4. The van der Waals surface area contributed by atoms with E-state index in [1.165, 1.54) is 0 Å². The molecule has 0 aliphatic heterocycles. The maximum absolute atomic E-state index is 11.6. The van der Waals surface area contributed by atoms with Crippen LogP contribution in [0.3, 0.4) is 0 Å². The molecule has 0 aromatic carbocycles. The highest BCUT2D eigenvalue weighted by molar-refractivity contribution is 5.85. The molecule has 1 heterocycles. The monoisotopic (exact) mass is 188 g/mol. The Hall–Kier alpha value is -0.910. The third-order valence-corrected chi connectivity index (χ3v) is 0.901. The van der Waals surface area contributed by atoms with Crippen molar-refractivity contribution < 1.29 is 13.2 Å². The Morgan fingerprint density at radius 3 is 2.00 bits per heavy atom. The van der Waals surface area contributed by atoms with E-state index in [1.807, 2.05) is 0 Å². The van der Waals surface area contributed by atoms with E-state index in [4.69, 9.17) is 0 Å². The van der Waals surface area contributed by atoms with Gasteiger partial charge in [0.25, 0.3) is 5.56 Å². The van der Waals surface area contributed by atoms with Crippen LogP contribution in [-0.4, -0.2) is 10.2 Å². The average Bonchev–Trinajstić information content (AvgIpc) is 2.11. The highest BCUT2D eigenvalue weighted by atomic mass is 35.5. The van der Waals surface area contributed by atoms with Gasteiger partial charge in [0, 0.05) is 6.07 Å². The predicted molar refractivity (Wildman–Crippen MR) is 33.7 cm³/mol. The first-order valence-corrected chi connectivity index (χ1v) is 2.35. The van der Waals surface area contributed by atoms with Gasteiger partial charge in [-0.2, -0.15) is 13.2 Å². The van der Waals surface area contributed by atoms with E-state index in [-0.39, 0.29) is 12.4 Å². The van der Waals surface area contributed by atoms with E-state index in [9.17, 15) is 18.0 Å². The second-order valence-corrected chi connectivity index (χ2v) is 1.67. The average molecular weight is 189 g/mol. The molecule has 7 heteroatoms. The normalized spacial score (nSPS) is 10.8. The van der Waals surface area contributed by atoms with Gasteiger partial charge in [-0.05, 0) is 0 Å². The number of hydrogen-bond donors (Lipinski definition) is 2. The molecule has 0 bridgehead atoms. The summed E-state index contributed by atoms with van der Waals surface area (Å²) >= 11 is 0. The van der Waals surface area contributed by atoms with Crippen molar-refractivity contribution in [3.05, 3.63) is 22.1 Å². The molecule has 0 spiro atoms. The SMILES string of the molecule is Cl.O=c1cc(C(F)(F)F)[nH][nH]1. The molecule has 0 radical (unpaired) electrons. The first-order chi connectivity index (χ1) is 4.50. The summed E-state index contributed by atoms with van der Waals surface area (Å²) in [7, 11) is 0. The lowest BCUT2D eigenvalue weighted by molar-refractivity contribution is -0.141. The molecule has 1 aromatic heterocycles. The maximum Gasteiger partial charge on any atom is 0.432 e. The number of H-pyrrole nitrogens is 2. The van der Waals surface area contributed by atoms with Crippen LogP contribution in [0.1, 0.15) is 5.69 Å². The number of alkyl halides is 3. The van der Waals surface area contributed by atoms with Crippen molar-refractivity contribution in [1.29, 1.82) is 0 Å². The van der Waals surface area contributed by atoms with E-state index in [2.05, 4.69) is 0 Å². The zero-order chi connectivity index (χ0) is 7.78. The summed E-state index contributed by atoms with van der Waals surface area (Å²) in [6.07, 6.45) is -4.47. The summed E-state index contributed by atoms with van der Waals surface area (Å²) in [5, 5.41) is 3.46. The van der Waals surface area contributed by atoms with Crippen molar-refractivity contribution in [3.63, 3.8) is 0 Å². The Morgan fingerprint density at radius 1 is 1.27 bits per heavy atom. The number of hydrogen-bond acceptors (Lipinski definition) is 1. The maximum atomic E-state index is 11.6. The van der Waals surface area contributed by atoms with Gasteiger partial charge in [-0.25, -0.2) is 0 Å². The largest absolute Gasteiger partial charge is 0.432 e. The van der Waals surface area contributed by atoms with E-state index in [0.717, 1.165) is 0 Å². The quantitative estimate of drug-likeness (QED) is 0.630. The third kappa shape index (κ3) is 2.30. The molecule has 0 atom stereocenters. The van der Waals surface area contributed by atoms with Crippen LogP contribution in [0.4, 0.5) is 13.2 Å². The number of aromatic nitrogens is 2. The molecule has 64 valence electrons. The van der Waals surface area contributed by atoms with Crippen molar-refractivity contribution in [2.45, 2.75) is 6.18 Å². The van der Waals surface area contributed by atoms with Gasteiger partial charge < -0.3 is 0 Å². The molecule has 11 heavy (non-hydrogen) atoms. The molecule has 0 saturated carbocycles. The van der Waals surface area contributed by atoms with E-state index in [0.29, 0.717) is 6.07 Å². The summed E-state index contributed by atoms with van der Waals surface area (Å²) in [5.41, 5.74) is -1.84. The number of rotatable bonds is 0. The molecule has 0 amide bonds. The van der Waals surface area contributed by atoms with E-state index >= 15 is 0 Å². The molecular weight excluding hydrogens is 185 g/mol. The molecule has 1 aromatic rings. The minimum Gasteiger partial charge on any atom is -0.294 e. The Labute approximate surface area is 65.0 Å². The van der Waals surface area contributed by atoms with Crippen LogP contribution in [0.25, 0.3) is 0 Å². The molecule has 1 rings (SSSR count). The smallest absolute Gasteiger partial charge is 0.294 e. The Kier molecular flexibility index (Phi) is 2.75. The predicted octanol–water partition coefficient (Wildman–Crippen LogP) is 1.14. The molecule has 0 aliphatic rings. The van der Waals surface area contributed by atoms with Crippen molar-refractivity contribution in [3.8, 4) is 0 Å². The van der Waals surface area contributed by atoms with E-state index in [1.54, 1.807) is 10.2 Å². The number of nitrogens with one attached hydrogen (secondary N) is 2. The minimum absolute atomic E-state index is 0. The van der Waals surface area contributed by atoms with Crippen molar-refractivity contribution in [1.82, 2.24) is 10.2 Å². The van der Waals surface area contributed by atoms with Gasteiger partial charge in [0.1, 0.15) is 5.69 Å². The minimum atomic E-state index is -4.47. The Balaban J connectivity index is 0.000001000. The zero-order valence-electron chi connectivity index (χ0n) is 5.03. The van der Waals surface area contributed by atoms with Gasteiger partial charge in [0.05, 0.1) is 0 Å². The van der Waals surface area contributed by atoms with Gasteiger partial charge in [-0.1, -0.05) is 0 Å². The first kappa shape index (κ1) is 10.1. The summed E-state index contributed by atoms with van der Waals surface area (Å²) in [6.45, 7) is 0. The topological polar surface area (TPSA) is 48.6 Å². The second-order valence-electron chi connectivity index (χ2n) is 1.67. The van der Waals surface area contributed by atoms with Crippen LogP contribution >= 0.6 is 12.4 Å². The van der Waals surface area contributed by atoms with Crippen LogP contribution in [0.15, 0.2) is 10.9 Å². The summed E-state index contributed by atoms with van der Waals surface area (Å²) in [4.78, 5) is 10.2. The number of halogens is 4. The van der Waals surface area contributed by atoms with E-state index < -0.39 is 17.4 Å². The van der Waals surface area contributed by atoms with Crippen LogP contribution < -0.4 is 5.56 Å². The zero-order valence-corrected chi connectivity index (χ0v) is 5.84. The second kappa shape index (κ2) is 3.00. The number of aromatic amines is 2. The fourth-order valence-electron chi connectivity index (χ4n) is 0.485. The first-order valence-electron chi connectivity index (χ1n) is 2.35. The molecular formula is C4H4ClF3N2O. The molecule has 3 nitrogen and oxygen atoms in total. The van der Waals surface area contributed by atoms with Gasteiger partial charge in [0.2, 0.25) is 0 Å². The molecule has 0 unspecified atom stereocenters. The van der Waals surface area contributed by atoms with Crippen molar-refractivity contribution in [2.24, 2.45) is 0 Å². The summed E-state index contributed by atoms with van der Waals surface area (Å²) < 4.78 is 34.8.